The maximum Gasteiger partial charge on any atom is 0.416 e. The van der Waals surface area contributed by atoms with Gasteiger partial charge in [-0.2, -0.15) is 13.2 Å². The molecule has 1 aliphatic carbocycles. The Morgan fingerprint density at radius 3 is 2.32 bits per heavy atom. The van der Waals surface area contributed by atoms with Gasteiger partial charge in [-0.15, -0.1) is 0 Å². The molecule has 106 valence electrons. The summed E-state index contributed by atoms with van der Waals surface area (Å²) < 4.78 is 51.3. The molecular weight excluding hydrogens is 258 g/mol. The second-order valence-electron chi connectivity index (χ2n) is 5.29. The Morgan fingerprint density at radius 2 is 1.74 bits per heavy atom. The van der Waals surface area contributed by atoms with E-state index in [0.29, 0.717) is 5.92 Å². The zero-order valence-corrected chi connectivity index (χ0v) is 10.7. The minimum atomic E-state index is -4.44. The SMILES string of the molecule is CC1CCC(Nc2cc(C(F)(F)F)ccc2F)CC1. The molecule has 0 heterocycles. The van der Waals surface area contributed by atoms with Crippen molar-refractivity contribution in [3.05, 3.63) is 29.6 Å². The van der Waals surface area contributed by atoms with Gasteiger partial charge < -0.3 is 5.32 Å². The van der Waals surface area contributed by atoms with E-state index in [4.69, 9.17) is 0 Å². The molecule has 5 heteroatoms. The van der Waals surface area contributed by atoms with E-state index >= 15 is 0 Å². The van der Waals surface area contributed by atoms with Gasteiger partial charge in [-0.05, 0) is 49.8 Å². The summed E-state index contributed by atoms with van der Waals surface area (Å²) in [5, 5.41) is 2.91. The first-order chi connectivity index (χ1) is 8.86. The van der Waals surface area contributed by atoms with E-state index in [9.17, 15) is 17.6 Å². The zero-order chi connectivity index (χ0) is 14.0. The van der Waals surface area contributed by atoms with Crippen molar-refractivity contribution < 1.29 is 17.6 Å². The van der Waals surface area contributed by atoms with E-state index < -0.39 is 17.6 Å². The fourth-order valence-corrected chi connectivity index (χ4v) is 2.44. The molecule has 0 radical (unpaired) electrons. The summed E-state index contributed by atoms with van der Waals surface area (Å²) in [4.78, 5) is 0. The van der Waals surface area contributed by atoms with E-state index in [-0.39, 0.29) is 11.7 Å². The highest BCUT2D eigenvalue weighted by Crippen LogP contribution is 2.33. The van der Waals surface area contributed by atoms with Gasteiger partial charge in [0.25, 0.3) is 0 Å². The number of rotatable bonds is 2. The van der Waals surface area contributed by atoms with Gasteiger partial charge in [-0.3, -0.25) is 0 Å². The third-order valence-corrected chi connectivity index (χ3v) is 3.67. The van der Waals surface area contributed by atoms with Crippen molar-refractivity contribution in [1.82, 2.24) is 0 Å². The standard InChI is InChI=1S/C14H17F4N/c1-9-2-5-11(6-3-9)19-13-8-10(14(16,17)18)4-7-12(13)15/h4,7-9,11,19H,2-3,5-6H2,1H3. The van der Waals surface area contributed by atoms with E-state index in [1.165, 1.54) is 0 Å². The van der Waals surface area contributed by atoms with Crippen molar-refractivity contribution in [1.29, 1.82) is 0 Å². The number of hydrogen-bond acceptors (Lipinski definition) is 1. The average molecular weight is 275 g/mol. The molecule has 0 aliphatic heterocycles. The molecule has 19 heavy (non-hydrogen) atoms. The smallest absolute Gasteiger partial charge is 0.380 e. The third kappa shape index (κ3) is 3.61. The molecule has 1 saturated carbocycles. The Balaban J connectivity index is 2.11. The maximum atomic E-state index is 13.6. The molecule has 1 aliphatic rings. The molecule has 0 bridgehead atoms. The Morgan fingerprint density at radius 1 is 1.11 bits per heavy atom. The summed E-state index contributed by atoms with van der Waals surface area (Å²) in [5.41, 5.74) is -0.866. The summed E-state index contributed by atoms with van der Waals surface area (Å²) in [6.45, 7) is 2.15. The van der Waals surface area contributed by atoms with Crippen LogP contribution in [0.15, 0.2) is 18.2 Å². The predicted molar refractivity (Wildman–Crippen MR) is 66.4 cm³/mol. The predicted octanol–water partition coefficient (Wildman–Crippen LogP) is 4.84. The Hall–Kier alpha value is -1.26. The van der Waals surface area contributed by atoms with Crippen LogP contribution in [0, 0.1) is 11.7 Å². The van der Waals surface area contributed by atoms with Crippen LogP contribution in [0.1, 0.15) is 38.2 Å². The fraction of sp³-hybridized carbons (Fsp3) is 0.571. The number of benzene rings is 1. The topological polar surface area (TPSA) is 12.0 Å². The molecule has 0 unspecified atom stereocenters. The minimum absolute atomic E-state index is 0.0469. The van der Waals surface area contributed by atoms with Gasteiger partial charge in [0.1, 0.15) is 5.82 Å². The highest BCUT2D eigenvalue weighted by atomic mass is 19.4. The second kappa shape index (κ2) is 5.39. The fourth-order valence-electron chi connectivity index (χ4n) is 2.44. The Kier molecular flexibility index (Phi) is 4.02. The van der Waals surface area contributed by atoms with E-state index in [1.54, 1.807) is 0 Å². The number of halogens is 4. The molecule has 0 spiro atoms. The molecule has 1 N–H and O–H groups in total. The maximum absolute atomic E-state index is 13.6. The van der Waals surface area contributed by atoms with Crippen LogP contribution in [0.5, 0.6) is 0 Å². The summed E-state index contributed by atoms with van der Waals surface area (Å²) in [5.74, 6) is 0.0102. The lowest BCUT2D eigenvalue weighted by Gasteiger charge is -2.28. The average Bonchev–Trinajstić information content (AvgIpc) is 2.33. The first kappa shape index (κ1) is 14.2. The van der Waals surface area contributed by atoms with E-state index in [0.717, 1.165) is 43.9 Å². The van der Waals surface area contributed by atoms with Crippen molar-refractivity contribution in [3.63, 3.8) is 0 Å². The Labute approximate surface area is 110 Å². The van der Waals surface area contributed by atoms with Gasteiger partial charge in [0, 0.05) is 6.04 Å². The normalized spacial score (nSPS) is 24.3. The molecule has 0 atom stereocenters. The first-order valence-corrected chi connectivity index (χ1v) is 6.49. The second-order valence-corrected chi connectivity index (χ2v) is 5.29. The highest BCUT2D eigenvalue weighted by molar-refractivity contribution is 5.48. The van der Waals surface area contributed by atoms with Crippen LogP contribution in [0.2, 0.25) is 0 Å². The first-order valence-electron chi connectivity index (χ1n) is 6.49. The van der Waals surface area contributed by atoms with Crippen molar-refractivity contribution in [3.8, 4) is 0 Å². The van der Waals surface area contributed by atoms with Gasteiger partial charge in [-0.25, -0.2) is 4.39 Å². The molecule has 0 amide bonds. The summed E-state index contributed by atoms with van der Waals surface area (Å²) in [7, 11) is 0. The van der Waals surface area contributed by atoms with Crippen LogP contribution in [-0.4, -0.2) is 6.04 Å². The van der Waals surface area contributed by atoms with E-state index in [1.807, 2.05) is 0 Å². The lowest BCUT2D eigenvalue weighted by molar-refractivity contribution is -0.137. The van der Waals surface area contributed by atoms with Crippen LogP contribution < -0.4 is 5.32 Å². The molecule has 1 aromatic carbocycles. The van der Waals surface area contributed by atoms with Gasteiger partial charge >= 0.3 is 6.18 Å². The number of alkyl halides is 3. The van der Waals surface area contributed by atoms with Crippen molar-refractivity contribution in [2.24, 2.45) is 5.92 Å². The zero-order valence-electron chi connectivity index (χ0n) is 10.7. The molecule has 1 fully saturated rings. The summed E-state index contributed by atoms with van der Waals surface area (Å²) in [6, 6.07) is 2.56. The molecule has 2 rings (SSSR count). The van der Waals surface area contributed by atoms with Crippen LogP contribution in [0.3, 0.4) is 0 Å². The van der Waals surface area contributed by atoms with Crippen LogP contribution >= 0.6 is 0 Å². The van der Waals surface area contributed by atoms with Crippen molar-refractivity contribution >= 4 is 5.69 Å². The quantitative estimate of drug-likeness (QED) is 0.762. The molecule has 0 aromatic heterocycles. The van der Waals surface area contributed by atoms with Crippen LogP contribution in [0.25, 0.3) is 0 Å². The molecule has 1 nitrogen and oxygen atoms in total. The number of anilines is 1. The van der Waals surface area contributed by atoms with Gasteiger partial charge in [0.15, 0.2) is 0 Å². The number of hydrogen-bond donors (Lipinski definition) is 1. The Bertz CT molecular complexity index is 434. The lowest BCUT2D eigenvalue weighted by atomic mass is 9.87. The van der Waals surface area contributed by atoms with Crippen molar-refractivity contribution in [2.75, 3.05) is 5.32 Å². The monoisotopic (exact) mass is 275 g/mol. The largest absolute Gasteiger partial charge is 0.416 e. The molecular formula is C14H17F4N. The highest BCUT2D eigenvalue weighted by Gasteiger charge is 2.31. The van der Waals surface area contributed by atoms with E-state index in [2.05, 4.69) is 12.2 Å². The van der Waals surface area contributed by atoms with Crippen LogP contribution in [-0.2, 0) is 6.18 Å². The summed E-state index contributed by atoms with van der Waals surface area (Å²) >= 11 is 0. The van der Waals surface area contributed by atoms with Gasteiger partial charge in [-0.1, -0.05) is 6.92 Å². The van der Waals surface area contributed by atoms with Crippen molar-refractivity contribution in [2.45, 2.75) is 44.8 Å². The third-order valence-electron chi connectivity index (χ3n) is 3.67. The molecule has 1 aromatic rings. The van der Waals surface area contributed by atoms with Gasteiger partial charge in [0.2, 0.25) is 0 Å². The lowest BCUT2D eigenvalue weighted by Crippen LogP contribution is -2.25. The van der Waals surface area contributed by atoms with Crippen LogP contribution in [0.4, 0.5) is 23.2 Å². The summed E-state index contributed by atoms with van der Waals surface area (Å²) in [6.07, 6.45) is -0.643. The number of nitrogens with one attached hydrogen (secondary N) is 1. The minimum Gasteiger partial charge on any atom is -0.380 e. The van der Waals surface area contributed by atoms with Gasteiger partial charge in [0.05, 0.1) is 11.3 Å². The molecule has 0 saturated heterocycles.